The van der Waals surface area contributed by atoms with Crippen LogP contribution in [-0.4, -0.2) is 115 Å². The van der Waals surface area contributed by atoms with Crippen LogP contribution in [0.3, 0.4) is 0 Å². The Morgan fingerprint density at radius 2 is 1.38 bits per heavy atom. The maximum atomic E-state index is 13.9. The zero-order chi connectivity index (χ0) is 45.6. The fourth-order valence-corrected chi connectivity index (χ4v) is 8.10. The summed E-state index contributed by atoms with van der Waals surface area (Å²) in [6.45, 7) is 13.2. The van der Waals surface area contributed by atoms with Gasteiger partial charge in [0.25, 0.3) is 17.7 Å². The summed E-state index contributed by atoms with van der Waals surface area (Å²) in [6, 6.07) is 10.0. The third-order valence-corrected chi connectivity index (χ3v) is 11.4. The average Bonchev–Trinajstić information content (AvgIpc) is 3.97. The van der Waals surface area contributed by atoms with Crippen LogP contribution in [0.1, 0.15) is 85.2 Å². The first kappa shape index (κ1) is 44.5. The fraction of sp³-hybridized carbons (Fsp3) is 0.391. The molecule has 340 valence electrons. The second-order valence-electron chi connectivity index (χ2n) is 16.0. The first-order chi connectivity index (χ1) is 31.5. The Labute approximate surface area is 375 Å². The number of rotatable bonds is 12. The maximum Gasteiger partial charge on any atom is 0.276 e. The van der Waals surface area contributed by atoms with Crippen molar-refractivity contribution in [2.24, 2.45) is 5.73 Å². The molecule has 0 unspecified atom stereocenters. The zero-order valence-corrected chi connectivity index (χ0v) is 37.1. The van der Waals surface area contributed by atoms with Crippen molar-refractivity contribution in [2.45, 2.75) is 66.6 Å². The van der Waals surface area contributed by atoms with Gasteiger partial charge >= 0.3 is 0 Å². The molecule has 0 saturated carbocycles. The van der Waals surface area contributed by atoms with Gasteiger partial charge in [0.2, 0.25) is 17.8 Å². The number of hydrogen-bond donors (Lipinski definition) is 4. The second-order valence-corrected chi connectivity index (χ2v) is 16.0. The molecule has 4 amide bonds. The number of nitrogens with two attached hydrogens (primary N) is 1. The second kappa shape index (κ2) is 19.7. The molecule has 6 aromatic rings. The molecule has 65 heavy (non-hydrogen) atoms. The molecule has 0 atom stereocenters. The molecule has 1 fully saturated rings. The lowest BCUT2D eigenvalue weighted by Crippen LogP contribution is -2.38. The lowest BCUT2D eigenvalue weighted by Gasteiger charge is -2.26. The van der Waals surface area contributed by atoms with E-state index in [4.69, 9.17) is 29.9 Å². The summed E-state index contributed by atoms with van der Waals surface area (Å²) in [4.78, 5) is 70.4. The van der Waals surface area contributed by atoms with Crippen molar-refractivity contribution < 1.29 is 33.4 Å². The first-order valence-corrected chi connectivity index (χ1v) is 22.0. The molecular formula is C46H54N12O7. The van der Waals surface area contributed by atoms with Gasteiger partial charge in [0.05, 0.1) is 43.2 Å². The highest BCUT2D eigenvalue weighted by molar-refractivity contribution is 6.06. The van der Waals surface area contributed by atoms with E-state index in [1.54, 1.807) is 51.8 Å². The number of ether oxygens (including phenoxy) is 3. The van der Waals surface area contributed by atoms with Gasteiger partial charge in [0, 0.05) is 74.3 Å². The Hall–Kier alpha value is -7.12. The smallest absolute Gasteiger partial charge is 0.276 e. The van der Waals surface area contributed by atoms with Gasteiger partial charge in [0.15, 0.2) is 0 Å². The molecule has 2 aliphatic rings. The van der Waals surface area contributed by atoms with E-state index in [9.17, 15) is 19.2 Å². The van der Waals surface area contributed by atoms with E-state index in [0.29, 0.717) is 101 Å². The monoisotopic (exact) mass is 886 g/mol. The van der Waals surface area contributed by atoms with Crippen molar-refractivity contribution in [1.82, 2.24) is 44.1 Å². The number of benzene rings is 2. The Bertz CT molecular complexity index is 2800. The predicted molar refractivity (Wildman–Crippen MR) is 244 cm³/mol. The van der Waals surface area contributed by atoms with Crippen molar-refractivity contribution in [3.8, 4) is 11.5 Å². The summed E-state index contributed by atoms with van der Waals surface area (Å²) >= 11 is 0. The van der Waals surface area contributed by atoms with E-state index < -0.39 is 11.8 Å². The molecule has 1 saturated heterocycles. The zero-order valence-electron chi connectivity index (χ0n) is 37.1. The lowest BCUT2D eigenvalue weighted by atomic mass is 10.1. The SMILES string of the molecule is CCc1cnc(C)cc1C(=O)Nc1nc2cc(C(N)=O)cc3c2n1C/C=C/Cn1c(NC(=O)c2cc(C)nn2CC)nc2cc(C(=O)NCCCN4CCOCC4)cc(c21)OCCCO3. The molecule has 2 aromatic carbocycles. The minimum absolute atomic E-state index is 0.160. The van der Waals surface area contributed by atoms with Crippen LogP contribution in [0.25, 0.3) is 22.1 Å². The van der Waals surface area contributed by atoms with E-state index in [0.717, 1.165) is 31.6 Å². The van der Waals surface area contributed by atoms with Gasteiger partial charge in [-0.1, -0.05) is 19.1 Å². The summed E-state index contributed by atoms with van der Waals surface area (Å²) in [5.41, 5.74) is 11.3. The highest BCUT2D eigenvalue weighted by atomic mass is 16.5. The topological polar surface area (TPSA) is 228 Å². The van der Waals surface area contributed by atoms with E-state index in [2.05, 4.69) is 30.9 Å². The van der Waals surface area contributed by atoms with E-state index in [1.165, 1.54) is 0 Å². The number of morpholine rings is 1. The van der Waals surface area contributed by atoms with Gasteiger partial charge in [0.1, 0.15) is 28.2 Å². The van der Waals surface area contributed by atoms with Gasteiger partial charge in [-0.2, -0.15) is 5.10 Å². The van der Waals surface area contributed by atoms with Gasteiger partial charge in [-0.05, 0) is 82.1 Å². The van der Waals surface area contributed by atoms with Crippen molar-refractivity contribution in [1.29, 1.82) is 0 Å². The molecule has 19 heteroatoms. The third-order valence-electron chi connectivity index (χ3n) is 11.4. The molecule has 5 N–H and O–H groups in total. The minimum Gasteiger partial charge on any atom is -0.491 e. The number of carbonyl (C=O) groups excluding carboxylic acids is 4. The molecule has 8 rings (SSSR count). The highest BCUT2D eigenvalue weighted by Crippen LogP contribution is 2.34. The van der Waals surface area contributed by atoms with Crippen LogP contribution in [0.5, 0.6) is 11.5 Å². The van der Waals surface area contributed by atoms with Crippen molar-refractivity contribution in [2.75, 3.05) is 63.2 Å². The molecule has 19 nitrogen and oxygen atoms in total. The summed E-state index contributed by atoms with van der Waals surface area (Å²) < 4.78 is 23.5. The number of primary amides is 1. The van der Waals surface area contributed by atoms with Crippen LogP contribution in [0.4, 0.5) is 11.9 Å². The number of imidazole rings is 2. The molecule has 0 aliphatic carbocycles. The number of pyridine rings is 1. The molecule has 0 radical (unpaired) electrons. The van der Waals surface area contributed by atoms with Crippen LogP contribution in [0, 0.1) is 13.8 Å². The quantitative estimate of drug-likeness (QED) is 0.0973. The van der Waals surface area contributed by atoms with Gasteiger partial charge in [-0.3, -0.25) is 44.4 Å². The Kier molecular flexibility index (Phi) is 13.5. The summed E-state index contributed by atoms with van der Waals surface area (Å²) in [5.74, 6) is -0.517. The summed E-state index contributed by atoms with van der Waals surface area (Å²) in [7, 11) is 0. The van der Waals surface area contributed by atoms with Crippen LogP contribution < -0.4 is 31.2 Å². The van der Waals surface area contributed by atoms with Crippen molar-refractivity contribution in [3.05, 3.63) is 94.1 Å². The van der Waals surface area contributed by atoms with Gasteiger partial charge in [-0.15, -0.1) is 0 Å². The van der Waals surface area contributed by atoms with Crippen molar-refractivity contribution in [3.63, 3.8) is 0 Å². The number of hydrogen-bond acceptors (Lipinski definition) is 12. The molecule has 2 aliphatic heterocycles. The largest absolute Gasteiger partial charge is 0.491 e. The standard InChI is InChI=1S/C46H54N12O7/c1-5-30-27-49-28(3)21-33(30)43(61)52-45-50-34-23-31(41(47)59)25-37-39(34)56(45)13-7-8-14-57-40-35(51-46(57)53-44(62)36-22-29(4)54-58(36)6-2)24-32(26-38(40)65-18-10-17-64-37)42(60)48-11-9-12-55-15-19-63-20-16-55/h7-8,21-27H,5-6,9-20H2,1-4H3,(H2,47,59)(H,48,60)(H,50,52,61)(H,51,53,62)/b8-7+. The lowest BCUT2D eigenvalue weighted by molar-refractivity contribution is 0.0374. The molecular weight excluding hydrogens is 833 g/mol. The van der Waals surface area contributed by atoms with E-state index in [1.807, 2.05) is 44.4 Å². The number of aromatic nitrogens is 7. The van der Waals surface area contributed by atoms with Crippen molar-refractivity contribution >= 4 is 57.6 Å². The molecule has 0 bridgehead atoms. The number of carbonyl (C=O) groups is 4. The number of anilines is 2. The highest BCUT2D eigenvalue weighted by Gasteiger charge is 2.24. The van der Waals surface area contributed by atoms with Crippen LogP contribution in [0.15, 0.2) is 54.7 Å². The number of allylic oxidation sites excluding steroid dienone is 2. The molecule has 0 spiro atoms. The van der Waals surface area contributed by atoms with Crippen LogP contribution in [0.2, 0.25) is 0 Å². The number of amides is 4. The summed E-state index contributed by atoms with van der Waals surface area (Å²) in [5, 5.41) is 13.5. The van der Waals surface area contributed by atoms with E-state index in [-0.39, 0.29) is 55.6 Å². The number of nitrogens with zero attached hydrogens (tertiary/aromatic N) is 8. The third kappa shape index (κ3) is 9.85. The average molecular weight is 887 g/mol. The number of aryl methyl sites for hydroxylation is 4. The van der Waals surface area contributed by atoms with Crippen LogP contribution in [-0.2, 0) is 30.8 Å². The molecule has 4 aromatic heterocycles. The number of nitrogens with one attached hydrogen (secondary N) is 3. The Morgan fingerprint density at radius 3 is 2.02 bits per heavy atom. The molecule has 6 heterocycles. The first-order valence-electron chi connectivity index (χ1n) is 22.0. The van der Waals surface area contributed by atoms with Crippen LogP contribution >= 0.6 is 0 Å². The predicted octanol–water partition coefficient (Wildman–Crippen LogP) is 4.65. The summed E-state index contributed by atoms with van der Waals surface area (Å²) in [6.07, 6.45) is 7.24. The Balaban J connectivity index is 1.16. The van der Waals surface area contributed by atoms with Gasteiger partial charge < -0.3 is 34.4 Å². The Morgan fingerprint density at radius 1 is 0.754 bits per heavy atom. The maximum absolute atomic E-state index is 13.9. The fourth-order valence-electron chi connectivity index (χ4n) is 8.10. The normalized spacial score (nSPS) is 15.1. The van der Waals surface area contributed by atoms with E-state index >= 15 is 0 Å². The van der Waals surface area contributed by atoms with Gasteiger partial charge in [-0.25, -0.2) is 9.97 Å². The minimum atomic E-state index is -0.663.